The van der Waals surface area contributed by atoms with Gasteiger partial charge in [-0.15, -0.1) is 0 Å². The average Bonchev–Trinajstić information content (AvgIpc) is 3.19. The maximum Gasteiger partial charge on any atom is 0.335 e. The minimum Gasteiger partial charge on any atom is -0.478 e. The van der Waals surface area contributed by atoms with Crippen LogP contribution in [0.4, 0.5) is 0 Å². The smallest absolute Gasteiger partial charge is 0.335 e. The van der Waals surface area contributed by atoms with Crippen LogP contribution in [0, 0.1) is 5.92 Å². The van der Waals surface area contributed by atoms with E-state index < -0.39 is 5.97 Å². The zero-order chi connectivity index (χ0) is 13.7. The molecule has 0 saturated heterocycles. The quantitative estimate of drug-likeness (QED) is 0.731. The van der Waals surface area contributed by atoms with Crippen LogP contribution in [-0.2, 0) is 11.3 Å². The lowest BCUT2D eigenvalue weighted by molar-refractivity contribution is 0.0696. The van der Waals surface area contributed by atoms with Gasteiger partial charge in [-0.2, -0.15) is 0 Å². The third kappa shape index (κ3) is 5.01. The topological polar surface area (TPSA) is 49.8 Å². The lowest BCUT2D eigenvalue weighted by Gasteiger charge is -2.17. The summed E-state index contributed by atoms with van der Waals surface area (Å²) in [6.07, 6.45) is 2.63. The summed E-state index contributed by atoms with van der Waals surface area (Å²) >= 11 is 0. The number of likely N-dealkylation sites (N-methyl/N-ethyl adjacent to an activating group) is 1. The summed E-state index contributed by atoms with van der Waals surface area (Å²) in [6, 6.07) is 7.08. The van der Waals surface area contributed by atoms with Gasteiger partial charge in [0.15, 0.2) is 0 Å². The molecule has 0 aromatic heterocycles. The van der Waals surface area contributed by atoms with Gasteiger partial charge in [0.05, 0.1) is 12.2 Å². The second-order valence-corrected chi connectivity index (χ2v) is 5.26. The summed E-state index contributed by atoms with van der Waals surface area (Å²) in [5.74, 6) is -0.0742. The molecule has 0 spiro atoms. The van der Waals surface area contributed by atoms with Crippen molar-refractivity contribution in [1.29, 1.82) is 0 Å². The number of hydrogen-bond acceptors (Lipinski definition) is 3. The van der Waals surface area contributed by atoms with Gasteiger partial charge in [-0.05, 0) is 43.5 Å². The maximum absolute atomic E-state index is 10.9. The van der Waals surface area contributed by atoms with E-state index >= 15 is 0 Å². The van der Waals surface area contributed by atoms with Crippen LogP contribution >= 0.6 is 0 Å². The lowest BCUT2D eigenvalue weighted by Crippen LogP contribution is -2.23. The van der Waals surface area contributed by atoms with Crippen molar-refractivity contribution in [3.05, 3.63) is 35.4 Å². The molecule has 0 unspecified atom stereocenters. The van der Waals surface area contributed by atoms with E-state index in [0.717, 1.165) is 37.8 Å². The van der Waals surface area contributed by atoms with E-state index in [2.05, 4.69) is 4.90 Å². The highest BCUT2D eigenvalue weighted by molar-refractivity contribution is 5.87. The third-order valence-corrected chi connectivity index (χ3v) is 3.29. The van der Waals surface area contributed by atoms with Crippen molar-refractivity contribution in [3.63, 3.8) is 0 Å². The Morgan fingerprint density at radius 1 is 1.47 bits per heavy atom. The van der Waals surface area contributed by atoms with Crippen molar-refractivity contribution in [3.8, 4) is 0 Å². The Balaban J connectivity index is 1.72. The first-order valence-corrected chi connectivity index (χ1v) is 6.73. The molecule has 1 N–H and O–H groups in total. The Bertz CT molecular complexity index is 429. The van der Waals surface area contributed by atoms with E-state index in [1.165, 1.54) is 12.8 Å². The van der Waals surface area contributed by atoms with E-state index in [9.17, 15) is 4.79 Å². The molecule has 1 aliphatic carbocycles. The van der Waals surface area contributed by atoms with Crippen molar-refractivity contribution >= 4 is 5.97 Å². The predicted molar refractivity (Wildman–Crippen MR) is 73.3 cm³/mol. The first kappa shape index (κ1) is 14.0. The Labute approximate surface area is 114 Å². The molecule has 1 fully saturated rings. The number of carboxylic acid groups (broad SMARTS) is 1. The van der Waals surface area contributed by atoms with E-state index in [0.29, 0.717) is 5.56 Å². The summed E-state index contributed by atoms with van der Waals surface area (Å²) < 4.78 is 5.59. The summed E-state index contributed by atoms with van der Waals surface area (Å²) in [5, 5.41) is 8.94. The number of ether oxygens (including phenoxy) is 1. The molecule has 1 saturated carbocycles. The summed E-state index contributed by atoms with van der Waals surface area (Å²) in [4.78, 5) is 13.0. The SMILES string of the molecule is CN(CCOCC1CC1)Cc1cccc(C(=O)O)c1. The zero-order valence-corrected chi connectivity index (χ0v) is 11.3. The number of hydrogen-bond donors (Lipinski definition) is 1. The maximum atomic E-state index is 10.9. The lowest BCUT2D eigenvalue weighted by atomic mass is 10.1. The van der Waals surface area contributed by atoms with Crippen molar-refractivity contribution in [2.45, 2.75) is 19.4 Å². The van der Waals surface area contributed by atoms with Gasteiger partial charge in [0.1, 0.15) is 0 Å². The largest absolute Gasteiger partial charge is 0.478 e. The number of rotatable bonds is 8. The molecule has 1 aliphatic rings. The summed E-state index contributed by atoms with van der Waals surface area (Å²) in [6.45, 7) is 3.24. The number of aromatic carboxylic acids is 1. The van der Waals surface area contributed by atoms with Crippen LogP contribution in [-0.4, -0.2) is 42.8 Å². The van der Waals surface area contributed by atoms with Gasteiger partial charge < -0.3 is 9.84 Å². The molecule has 0 aliphatic heterocycles. The Morgan fingerprint density at radius 3 is 2.95 bits per heavy atom. The minimum atomic E-state index is -0.878. The highest BCUT2D eigenvalue weighted by Crippen LogP contribution is 2.28. The average molecular weight is 263 g/mol. The van der Waals surface area contributed by atoms with Crippen molar-refractivity contribution in [2.75, 3.05) is 26.8 Å². The second-order valence-electron chi connectivity index (χ2n) is 5.26. The molecular weight excluding hydrogens is 242 g/mol. The van der Waals surface area contributed by atoms with Crippen molar-refractivity contribution in [2.24, 2.45) is 5.92 Å². The van der Waals surface area contributed by atoms with Gasteiger partial charge in [0.2, 0.25) is 0 Å². The van der Waals surface area contributed by atoms with Gasteiger partial charge in [0, 0.05) is 19.7 Å². The molecule has 0 bridgehead atoms. The van der Waals surface area contributed by atoms with Crippen molar-refractivity contribution < 1.29 is 14.6 Å². The molecule has 4 nitrogen and oxygen atoms in total. The van der Waals surface area contributed by atoms with Crippen LogP contribution < -0.4 is 0 Å². The molecule has 104 valence electrons. The number of carboxylic acids is 1. The van der Waals surface area contributed by atoms with Crippen LogP contribution in [0.3, 0.4) is 0 Å². The number of benzene rings is 1. The van der Waals surface area contributed by atoms with Crippen LogP contribution in [0.2, 0.25) is 0 Å². The van der Waals surface area contributed by atoms with Crippen LogP contribution in [0.25, 0.3) is 0 Å². The summed E-state index contributed by atoms with van der Waals surface area (Å²) in [7, 11) is 2.02. The molecule has 0 amide bonds. The fraction of sp³-hybridized carbons (Fsp3) is 0.533. The first-order chi connectivity index (χ1) is 9.15. The van der Waals surface area contributed by atoms with Crippen molar-refractivity contribution in [1.82, 2.24) is 4.90 Å². The molecule has 1 aromatic rings. The standard InChI is InChI=1S/C15H21NO3/c1-16(7-8-19-11-12-5-6-12)10-13-3-2-4-14(9-13)15(17)18/h2-4,9,12H,5-8,10-11H2,1H3,(H,17,18). The Hall–Kier alpha value is -1.39. The molecule has 19 heavy (non-hydrogen) atoms. The van der Waals surface area contributed by atoms with Crippen LogP contribution in [0.5, 0.6) is 0 Å². The van der Waals surface area contributed by atoms with E-state index in [4.69, 9.17) is 9.84 Å². The van der Waals surface area contributed by atoms with Gasteiger partial charge in [-0.3, -0.25) is 4.90 Å². The molecule has 0 radical (unpaired) electrons. The van der Waals surface area contributed by atoms with Crippen LogP contribution in [0.15, 0.2) is 24.3 Å². The van der Waals surface area contributed by atoms with Gasteiger partial charge in [-0.1, -0.05) is 12.1 Å². The monoisotopic (exact) mass is 263 g/mol. The van der Waals surface area contributed by atoms with Gasteiger partial charge in [-0.25, -0.2) is 4.79 Å². The fourth-order valence-electron chi connectivity index (χ4n) is 1.95. The summed E-state index contributed by atoms with van der Waals surface area (Å²) in [5.41, 5.74) is 1.36. The van der Waals surface area contributed by atoms with E-state index in [-0.39, 0.29) is 0 Å². The molecule has 0 atom stereocenters. The number of nitrogens with zero attached hydrogens (tertiary/aromatic N) is 1. The molecule has 4 heteroatoms. The van der Waals surface area contributed by atoms with E-state index in [1.807, 2.05) is 13.1 Å². The fourth-order valence-corrected chi connectivity index (χ4v) is 1.95. The Morgan fingerprint density at radius 2 is 2.26 bits per heavy atom. The molecular formula is C15H21NO3. The Kier molecular flexibility index (Phi) is 4.93. The molecule has 1 aromatic carbocycles. The molecule has 2 rings (SSSR count). The van der Waals surface area contributed by atoms with Gasteiger partial charge >= 0.3 is 5.97 Å². The highest BCUT2D eigenvalue weighted by atomic mass is 16.5. The zero-order valence-electron chi connectivity index (χ0n) is 11.3. The second kappa shape index (κ2) is 6.68. The normalized spacial score (nSPS) is 14.8. The molecule has 0 heterocycles. The number of carbonyl (C=O) groups is 1. The predicted octanol–water partition coefficient (Wildman–Crippen LogP) is 2.24. The highest BCUT2D eigenvalue weighted by Gasteiger charge is 2.20. The van der Waals surface area contributed by atoms with Gasteiger partial charge in [0.25, 0.3) is 0 Å². The first-order valence-electron chi connectivity index (χ1n) is 6.73. The van der Waals surface area contributed by atoms with Crippen LogP contribution in [0.1, 0.15) is 28.8 Å². The third-order valence-electron chi connectivity index (χ3n) is 3.29. The van der Waals surface area contributed by atoms with E-state index in [1.54, 1.807) is 18.2 Å². The minimum absolute atomic E-state index is 0.343.